The molecule has 0 fully saturated rings. The van der Waals surface area contributed by atoms with Gasteiger partial charge in [0.1, 0.15) is 0 Å². The predicted octanol–water partition coefficient (Wildman–Crippen LogP) is 6.77. The summed E-state index contributed by atoms with van der Waals surface area (Å²) < 4.78 is 0. The summed E-state index contributed by atoms with van der Waals surface area (Å²) in [5.41, 5.74) is 0.210. The summed E-state index contributed by atoms with van der Waals surface area (Å²) >= 11 is 1.74. The molecule has 0 aliphatic carbocycles. The van der Waals surface area contributed by atoms with E-state index in [9.17, 15) is 0 Å². The number of fused-ring (bicyclic) bond motifs is 2. The smallest absolute Gasteiger partial charge is 0.0809 e. The van der Waals surface area contributed by atoms with Crippen LogP contribution in [0.1, 0.15) is 0 Å². The molecule has 0 atom stereocenters. The van der Waals surface area contributed by atoms with Gasteiger partial charge in [-0.25, -0.2) is 0 Å². The van der Waals surface area contributed by atoms with Crippen LogP contribution in [0.25, 0.3) is 21.5 Å². The zero-order valence-corrected chi connectivity index (χ0v) is 18.8. The molecule has 0 bridgehead atoms. The Balaban J connectivity index is 0.000000341. The normalized spacial score (nSPS) is 8.71. The number of hydrogen-bond donors (Lipinski definition) is 0. The molecule has 0 aromatic heterocycles. The van der Waals surface area contributed by atoms with Gasteiger partial charge in [0.15, 0.2) is 0 Å². The number of halogens is 1. The Morgan fingerprint density at radius 2 is 1.04 bits per heavy atom. The predicted molar refractivity (Wildman–Crippen MR) is 110 cm³/mol. The fourth-order valence-electron chi connectivity index (χ4n) is 2.14. The molecule has 0 radical (unpaired) electrons. The molecule has 3 heteroatoms. The first-order valence-corrected chi connectivity index (χ1v) is 13.6. The van der Waals surface area contributed by atoms with Crippen molar-refractivity contribution in [1.82, 2.24) is 0 Å². The van der Waals surface area contributed by atoms with Crippen LogP contribution in [0.5, 0.6) is 0 Å². The number of rotatable bonds is 0. The van der Waals surface area contributed by atoms with Gasteiger partial charge in [-0.3, -0.25) is 0 Å². The van der Waals surface area contributed by atoms with Crippen LogP contribution in [0.4, 0.5) is 0 Å². The van der Waals surface area contributed by atoms with Gasteiger partial charge in [0.25, 0.3) is 0 Å². The van der Waals surface area contributed by atoms with E-state index in [1.807, 2.05) is 0 Å². The zero-order chi connectivity index (χ0) is 15.8. The van der Waals surface area contributed by atoms with Crippen molar-refractivity contribution in [3.63, 3.8) is 0 Å². The minimum absolute atomic E-state index is 0. The van der Waals surface area contributed by atoms with E-state index >= 15 is 0 Å². The molecule has 4 rings (SSSR count). The second-order valence-corrected chi connectivity index (χ2v) is 14.7. The minimum atomic E-state index is 0. The van der Waals surface area contributed by atoms with Gasteiger partial charge in [0.2, 0.25) is 0 Å². The summed E-state index contributed by atoms with van der Waals surface area (Å²) in [5, 5.41) is 5.32. The standard InChI is InChI=1S/2C9H7.C2H6Si.CH3.ClH.Zr/c2*1-2-5-9-7-3-6-8(9)4-1;1-3-2;;;/h2*1-7H;1-2H3;1H3;1H;/q2*-1;;-1;;. The average Bonchev–Trinajstić information content (AvgIpc) is 3.16. The number of hydrogen-bond acceptors (Lipinski definition) is 0. The Labute approximate surface area is 167 Å². The number of benzene rings is 2. The van der Waals surface area contributed by atoms with Crippen molar-refractivity contribution in [2.45, 2.75) is 13.1 Å². The van der Waals surface area contributed by atoms with Gasteiger partial charge >= 0.3 is 41.9 Å². The van der Waals surface area contributed by atoms with Gasteiger partial charge in [-0.1, -0.05) is 12.1 Å². The summed E-state index contributed by atoms with van der Waals surface area (Å²) in [6.45, 7) is 4.62. The van der Waals surface area contributed by atoms with Crippen molar-refractivity contribution >= 4 is 39.4 Å². The monoisotopic (exact) mass is 429 g/mol. The molecule has 0 amide bonds. The quantitative estimate of drug-likeness (QED) is 0.213. The third kappa shape index (κ3) is 7.75. The SMILES string of the molecule is C[Si](C)=[Zr].Cl.[CH3-].c1ccc2[cH-]ccc2c1.c1ccc2[cH-]ccc2c1. The molecular formula is C21H24ClSiZr-3. The van der Waals surface area contributed by atoms with E-state index in [-0.39, 0.29) is 25.3 Å². The maximum absolute atomic E-state index is 2.31. The van der Waals surface area contributed by atoms with Gasteiger partial charge in [0.05, 0.1) is 0 Å². The van der Waals surface area contributed by atoms with Crippen molar-refractivity contribution in [1.29, 1.82) is 0 Å². The van der Waals surface area contributed by atoms with E-state index in [1.165, 1.54) is 21.5 Å². The van der Waals surface area contributed by atoms with Gasteiger partial charge in [-0.15, -0.1) is 71.7 Å². The van der Waals surface area contributed by atoms with Crippen molar-refractivity contribution < 1.29 is 23.3 Å². The first kappa shape index (κ1) is 23.1. The van der Waals surface area contributed by atoms with Crippen molar-refractivity contribution in [2.24, 2.45) is 0 Å². The molecule has 0 nitrogen and oxygen atoms in total. The van der Waals surface area contributed by atoms with Gasteiger partial charge in [-0.2, -0.15) is 35.0 Å². The van der Waals surface area contributed by atoms with E-state index in [0.717, 1.165) is 0 Å². The third-order valence-electron chi connectivity index (χ3n) is 3.10. The summed E-state index contributed by atoms with van der Waals surface area (Å²) in [6.07, 6.45) is 0. The fraction of sp³-hybridized carbons (Fsp3) is 0.0952. The fourth-order valence-corrected chi connectivity index (χ4v) is 2.14. The van der Waals surface area contributed by atoms with Crippen LogP contribution < -0.4 is 0 Å². The summed E-state index contributed by atoms with van der Waals surface area (Å²) in [6, 6.07) is 29.3. The molecule has 0 heterocycles. The zero-order valence-electron chi connectivity index (χ0n) is 14.5. The van der Waals surface area contributed by atoms with Crippen LogP contribution in [0, 0.1) is 7.43 Å². The molecule has 0 spiro atoms. The van der Waals surface area contributed by atoms with E-state index in [0.29, 0.717) is 0 Å². The largest absolute Gasteiger partial charge is 0.358 e. The van der Waals surface area contributed by atoms with E-state index in [2.05, 4.69) is 98.0 Å². The molecule has 0 aliphatic heterocycles. The molecular weight excluding hydrogens is 407 g/mol. The van der Waals surface area contributed by atoms with Crippen LogP contribution in [-0.2, 0) is 23.3 Å². The summed E-state index contributed by atoms with van der Waals surface area (Å²) in [5.74, 6) is 0. The Morgan fingerprint density at radius 1 is 0.708 bits per heavy atom. The Morgan fingerprint density at radius 3 is 1.38 bits per heavy atom. The Hall–Kier alpha value is -0.950. The van der Waals surface area contributed by atoms with Gasteiger partial charge in [-0.05, 0) is 0 Å². The van der Waals surface area contributed by atoms with Crippen molar-refractivity contribution in [3.8, 4) is 0 Å². The third-order valence-corrected chi connectivity index (χ3v) is 3.10. The molecule has 0 saturated carbocycles. The molecule has 4 aromatic rings. The Kier molecular flexibility index (Phi) is 11.9. The molecule has 0 saturated heterocycles. The van der Waals surface area contributed by atoms with Gasteiger partial charge in [0, 0.05) is 0 Å². The average molecular weight is 431 g/mol. The van der Waals surface area contributed by atoms with Gasteiger partial charge < -0.3 is 7.43 Å². The molecule has 24 heavy (non-hydrogen) atoms. The van der Waals surface area contributed by atoms with E-state index in [1.54, 1.807) is 23.3 Å². The second-order valence-electron chi connectivity index (χ2n) is 5.31. The van der Waals surface area contributed by atoms with Crippen LogP contribution in [-0.4, -0.2) is 5.43 Å². The second kappa shape index (κ2) is 12.4. The maximum atomic E-state index is 2.31. The minimum Gasteiger partial charge on any atom is -0.358 e. The van der Waals surface area contributed by atoms with Crippen molar-refractivity contribution in [2.75, 3.05) is 0 Å². The summed E-state index contributed by atoms with van der Waals surface area (Å²) in [7, 11) is 0. The molecule has 0 unspecified atom stereocenters. The topological polar surface area (TPSA) is 0 Å². The molecule has 0 N–H and O–H groups in total. The van der Waals surface area contributed by atoms with Crippen LogP contribution in [0.2, 0.25) is 13.1 Å². The van der Waals surface area contributed by atoms with Crippen LogP contribution in [0.3, 0.4) is 0 Å². The first-order chi connectivity index (χ1) is 10.7. The summed E-state index contributed by atoms with van der Waals surface area (Å²) in [4.78, 5) is 0. The maximum Gasteiger partial charge on any atom is -0.0809 e. The van der Waals surface area contributed by atoms with E-state index < -0.39 is 0 Å². The van der Waals surface area contributed by atoms with Crippen LogP contribution in [0.15, 0.2) is 84.9 Å². The van der Waals surface area contributed by atoms with Crippen molar-refractivity contribution in [3.05, 3.63) is 92.4 Å². The molecule has 126 valence electrons. The van der Waals surface area contributed by atoms with Crippen LogP contribution >= 0.6 is 12.4 Å². The Bertz CT molecular complexity index is 714. The first-order valence-electron chi connectivity index (χ1n) is 7.39. The van der Waals surface area contributed by atoms with E-state index in [4.69, 9.17) is 0 Å². The molecule has 0 aliphatic rings. The molecule has 4 aromatic carbocycles.